The fraction of sp³-hybridized carbons (Fsp3) is 0.0870. The molecule has 0 aliphatic heterocycles. The lowest BCUT2D eigenvalue weighted by molar-refractivity contribution is 0.102. The normalized spacial score (nSPS) is 10.9. The highest BCUT2D eigenvalue weighted by atomic mass is 32.1. The van der Waals surface area contributed by atoms with E-state index in [-0.39, 0.29) is 11.5 Å². The molecule has 0 bridgehead atoms. The monoisotopic (exact) mass is 444 g/mol. The number of anilines is 4. The third-order valence-electron chi connectivity index (χ3n) is 4.47. The second-order valence-corrected chi connectivity index (χ2v) is 7.90. The minimum atomic E-state index is -0.411. The molecule has 8 nitrogen and oxygen atoms in total. The van der Waals surface area contributed by atoms with E-state index in [0.717, 1.165) is 22.7 Å². The van der Waals surface area contributed by atoms with Crippen LogP contribution in [0.1, 0.15) is 22.3 Å². The number of nitrogens with one attached hydrogen (secondary N) is 3. The van der Waals surface area contributed by atoms with Crippen molar-refractivity contribution < 1.29 is 4.79 Å². The topological polar surface area (TPSA) is 112 Å². The Morgan fingerprint density at radius 2 is 1.59 bits per heavy atom. The third-order valence-corrected chi connectivity index (χ3v) is 5.61. The van der Waals surface area contributed by atoms with Gasteiger partial charge in [-0.25, -0.2) is 4.98 Å². The first-order chi connectivity index (χ1) is 15.5. The second-order valence-electron chi connectivity index (χ2n) is 6.92. The van der Waals surface area contributed by atoms with Gasteiger partial charge in [0.1, 0.15) is 5.82 Å². The molecule has 0 radical (unpaired) electrons. The fourth-order valence-electron chi connectivity index (χ4n) is 2.98. The van der Waals surface area contributed by atoms with E-state index in [9.17, 15) is 9.59 Å². The van der Waals surface area contributed by atoms with E-state index in [1.54, 1.807) is 13.0 Å². The van der Waals surface area contributed by atoms with Crippen molar-refractivity contribution in [3.63, 3.8) is 0 Å². The molecule has 4 rings (SSSR count). The van der Waals surface area contributed by atoms with E-state index in [4.69, 9.17) is 0 Å². The predicted octanol–water partition coefficient (Wildman–Crippen LogP) is 6.25. The highest BCUT2D eigenvalue weighted by molar-refractivity contribution is 7.17. The standard InChI is InChI=1S/C23H20N6O2S/c1-14-20(15(2)30)32-23(24-14)29-28-19-13-18(25-16-9-5-3-6-10-16)21(27-22(19)31)26-17-11-7-4-8-12-17/h3-13,25H,1-2H3,(H2,26,27,31). The van der Waals surface area contributed by atoms with Crippen molar-refractivity contribution in [2.45, 2.75) is 13.8 Å². The number of rotatable bonds is 7. The summed E-state index contributed by atoms with van der Waals surface area (Å²) < 4.78 is 0. The SMILES string of the molecule is CC(=O)c1sc(N=Nc2cc(Nc3ccccc3)c(Nc3ccccc3)[nH]c2=O)nc1C. The molecule has 4 aromatic rings. The molecule has 9 heteroatoms. The Bertz CT molecular complexity index is 1330. The molecule has 0 atom stereocenters. The summed E-state index contributed by atoms with van der Waals surface area (Å²) in [4.78, 5) is 31.9. The lowest BCUT2D eigenvalue weighted by atomic mass is 10.2. The summed E-state index contributed by atoms with van der Waals surface area (Å²) in [5.41, 5.74) is 2.58. The summed E-state index contributed by atoms with van der Waals surface area (Å²) in [5, 5.41) is 15.0. The number of nitrogens with zero attached hydrogens (tertiary/aromatic N) is 3. The minimum absolute atomic E-state index is 0.0787. The second kappa shape index (κ2) is 9.36. The van der Waals surface area contributed by atoms with E-state index in [1.807, 2.05) is 60.7 Å². The molecule has 2 aromatic heterocycles. The zero-order valence-electron chi connectivity index (χ0n) is 17.4. The smallest absolute Gasteiger partial charge is 0.277 e. The quantitative estimate of drug-likeness (QED) is 0.231. The number of hydrogen-bond donors (Lipinski definition) is 3. The van der Waals surface area contributed by atoms with E-state index < -0.39 is 5.56 Å². The van der Waals surface area contributed by atoms with Gasteiger partial charge in [-0.1, -0.05) is 47.7 Å². The number of carbonyl (C=O) groups is 1. The summed E-state index contributed by atoms with van der Waals surface area (Å²) >= 11 is 1.14. The number of aromatic amines is 1. The van der Waals surface area contributed by atoms with Gasteiger partial charge in [-0.05, 0) is 37.3 Å². The average Bonchev–Trinajstić information content (AvgIpc) is 3.17. The summed E-state index contributed by atoms with van der Waals surface area (Å²) in [6.07, 6.45) is 0. The summed E-state index contributed by atoms with van der Waals surface area (Å²) in [6.45, 7) is 3.22. The van der Waals surface area contributed by atoms with Gasteiger partial charge >= 0.3 is 0 Å². The van der Waals surface area contributed by atoms with Crippen molar-refractivity contribution in [3.05, 3.63) is 87.7 Å². The van der Waals surface area contributed by atoms with Crippen molar-refractivity contribution in [2.24, 2.45) is 10.2 Å². The molecule has 0 aliphatic rings. The maximum Gasteiger partial charge on any atom is 0.277 e. The average molecular weight is 445 g/mol. The van der Waals surface area contributed by atoms with Gasteiger partial charge in [0.2, 0.25) is 5.13 Å². The Morgan fingerprint density at radius 1 is 0.969 bits per heavy atom. The third kappa shape index (κ3) is 4.96. The van der Waals surface area contributed by atoms with Gasteiger partial charge in [-0.15, -0.1) is 10.2 Å². The highest BCUT2D eigenvalue weighted by Gasteiger charge is 2.13. The molecular formula is C23H20N6O2S. The zero-order valence-corrected chi connectivity index (χ0v) is 18.2. The number of aryl methyl sites for hydroxylation is 1. The van der Waals surface area contributed by atoms with Crippen LogP contribution in [0, 0.1) is 6.92 Å². The number of hydrogen-bond acceptors (Lipinski definition) is 8. The molecule has 0 fully saturated rings. The van der Waals surface area contributed by atoms with Crippen LogP contribution in [0.2, 0.25) is 0 Å². The van der Waals surface area contributed by atoms with E-state index in [2.05, 4.69) is 30.8 Å². The largest absolute Gasteiger partial charge is 0.352 e. The number of carbonyl (C=O) groups excluding carboxylic acids is 1. The molecular weight excluding hydrogens is 424 g/mol. The van der Waals surface area contributed by atoms with Crippen LogP contribution in [0.4, 0.5) is 33.7 Å². The first-order valence-electron chi connectivity index (χ1n) is 9.81. The Hall–Kier alpha value is -4.11. The molecule has 0 amide bonds. The molecule has 32 heavy (non-hydrogen) atoms. The molecule has 0 saturated heterocycles. The van der Waals surface area contributed by atoms with Gasteiger partial charge in [-0.3, -0.25) is 9.59 Å². The van der Waals surface area contributed by atoms with Crippen molar-refractivity contribution in [1.82, 2.24) is 9.97 Å². The molecule has 2 aromatic carbocycles. The van der Waals surface area contributed by atoms with Gasteiger partial charge in [0.15, 0.2) is 11.5 Å². The first-order valence-corrected chi connectivity index (χ1v) is 10.6. The van der Waals surface area contributed by atoms with Gasteiger partial charge in [-0.2, -0.15) is 0 Å². The maximum atomic E-state index is 12.7. The number of thiazole rings is 1. The molecule has 0 saturated carbocycles. The van der Waals surface area contributed by atoms with Crippen LogP contribution in [0.3, 0.4) is 0 Å². The number of H-pyrrole nitrogens is 1. The van der Waals surface area contributed by atoms with Crippen LogP contribution < -0.4 is 16.2 Å². The number of ketones is 1. The molecule has 0 aliphatic carbocycles. The molecule has 0 unspecified atom stereocenters. The van der Waals surface area contributed by atoms with Gasteiger partial charge in [0.25, 0.3) is 5.56 Å². The predicted molar refractivity (Wildman–Crippen MR) is 128 cm³/mol. The van der Waals surface area contributed by atoms with Crippen LogP contribution in [-0.2, 0) is 0 Å². The van der Waals surface area contributed by atoms with E-state index in [1.165, 1.54) is 6.92 Å². The summed E-state index contributed by atoms with van der Waals surface area (Å²) in [6, 6.07) is 20.7. The molecule has 2 heterocycles. The van der Waals surface area contributed by atoms with Crippen molar-refractivity contribution in [3.8, 4) is 0 Å². The number of pyridine rings is 1. The van der Waals surface area contributed by atoms with Crippen molar-refractivity contribution in [1.29, 1.82) is 0 Å². The van der Waals surface area contributed by atoms with Crippen LogP contribution in [0.15, 0.2) is 81.8 Å². The molecule has 160 valence electrons. The molecule has 0 spiro atoms. The van der Waals surface area contributed by atoms with Gasteiger partial charge in [0.05, 0.1) is 16.3 Å². The first kappa shape index (κ1) is 21.1. The number of azo groups is 1. The number of Topliss-reactive ketones (excluding diaryl/α,β-unsaturated/α-hetero) is 1. The summed E-state index contributed by atoms with van der Waals surface area (Å²) in [7, 11) is 0. The van der Waals surface area contributed by atoms with Gasteiger partial charge < -0.3 is 15.6 Å². The fourth-order valence-corrected chi connectivity index (χ4v) is 3.77. The van der Waals surface area contributed by atoms with Crippen LogP contribution >= 0.6 is 11.3 Å². The van der Waals surface area contributed by atoms with E-state index >= 15 is 0 Å². The van der Waals surface area contributed by atoms with Crippen LogP contribution in [-0.4, -0.2) is 15.8 Å². The van der Waals surface area contributed by atoms with E-state index in [0.29, 0.717) is 27.2 Å². The molecule has 3 N–H and O–H groups in total. The summed E-state index contributed by atoms with van der Waals surface area (Å²) in [5.74, 6) is 0.415. The van der Waals surface area contributed by atoms with Crippen molar-refractivity contribution in [2.75, 3.05) is 10.6 Å². The Morgan fingerprint density at radius 3 is 2.19 bits per heavy atom. The lowest BCUT2D eigenvalue weighted by Crippen LogP contribution is -2.10. The minimum Gasteiger partial charge on any atom is -0.352 e. The van der Waals surface area contributed by atoms with Crippen molar-refractivity contribution >= 4 is 50.8 Å². The number of aromatic nitrogens is 2. The maximum absolute atomic E-state index is 12.7. The Kier molecular flexibility index (Phi) is 6.18. The van der Waals surface area contributed by atoms with Crippen LogP contribution in [0.5, 0.6) is 0 Å². The lowest BCUT2D eigenvalue weighted by Gasteiger charge is -2.14. The Balaban J connectivity index is 1.70. The highest BCUT2D eigenvalue weighted by Crippen LogP contribution is 2.30. The Labute approximate surface area is 188 Å². The number of benzene rings is 2. The zero-order chi connectivity index (χ0) is 22.5. The number of para-hydroxylation sites is 2. The van der Waals surface area contributed by atoms with Gasteiger partial charge in [0, 0.05) is 18.3 Å². The van der Waals surface area contributed by atoms with Crippen LogP contribution in [0.25, 0.3) is 0 Å².